The van der Waals surface area contributed by atoms with E-state index in [4.69, 9.17) is 0 Å². The van der Waals surface area contributed by atoms with Crippen LogP contribution in [0.25, 0.3) is 0 Å². The predicted molar refractivity (Wildman–Crippen MR) is 80.6 cm³/mol. The minimum atomic E-state index is -0.0335. The lowest BCUT2D eigenvalue weighted by atomic mass is 10.1. The number of hydrogen-bond acceptors (Lipinski definition) is 1. The van der Waals surface area contributed by atoms with Crippen molar-refractivity contribution < 1.29 is 4.79 Å². The van der Waals surface area contributed by atoms with Crippen molar-refractivity contribution in [3.05, 3.63) is 63.0 Å². The molecule has 18 heavy (non-hydrogen) atoms. The Morgan fingerprint density at radius 1 is 0.944 bits per heavy atom. The van der Waals surface area contributed by atoms with E-state index in [-0.39, 0.29) is 5.91 Å². The van der Waals surface area contributed by atoms with E-state index in [2.05, 4.69) is 37.2 Å². The van der Waals surface area contributed by atoms with E-state index in [0.29, 0.717) is 6.42 Å². The molecule has 0 spiro atoms. The second kappa shape index (κ2) is 6.16. The van der Waals surface area contributed by atoms with Crippen molar-refractivity contribution in [2.75, 3.05) is 5.32 Å². The van der Waals surface area contributed by atoms with Crippen molar-refractivity contribution in [3.63, 3.8) is 0 Å². The van der Waals surface area contributed by atoms with E-state index in [1.807, 2.05) is 48.5 Å². The fourth-order valence-electron chi connectivity index (χ4n) is 1.59. The molecule has 4 heteroatoms. The molecule has 0 atom stereocenters. The standard InChI is InChI=1S/C14H11Br2NO/c15-12-7-4-8-13(16)11(12)9-14(18)17-10-5-2-1-3-6-10/h1-8H,9H2,(H,17,18). The highest BCUT2D eigenvalue weighted by molar-refractivity contribution is 9.11. The van der Waals surface area contributed by atoms with Crippen LogP contribution in [0.1, 0.15) is 5.56 Å². The van der Waals surface area contributed by atoms with Crippen molar-refractivity contribution >= 4 is 43.5 Å². The van der Waals surface area contributed by atoms with Crippen LogP contribution >= 0.6 is 31.9 Å². The molecule has 1 amide bonds. The van der Waals surface area contributed by atoms with E-state index in [1.54, 1.807) is 0 Å². The van der Waals surface area contributed by atoms with Crippen LogP contribution in [0.2, 0.25) is 0 Å². The van der Waals surface area contributed by atoms with Gasteiger partial charge in [0.05, 0.1) is 6.42 Å². The van der Waals surface area contributed by atoms with Gasteiger partial charge < -0.3 is 5.32 Å². The quantitative estimate of drug-likeness (QED) is 0.854. The number of amides is 1. The van der Waals surface area contributed by atoms with Crippen LogP contribution in [-0.4, -0.2) is 5.91 Å². The number of nitrogens with one attached hydrogen (secondary N) is 1. The maximum absolute atomic E-state index is 11.9. The lowest BCUT2D eigenvalue weighted by Gasteiger charge is -2.08. The summed E-state index contributed by atoms with van der Waals surface area (Å²) in [5.41, 5.74) is 1.76. The number of benzene rings is 2. The molecule has 0 aromatic heterocycles. The summed E-state index contributed by atoms with van der Waals surface area (Å²) in [5, 5.41) is 2.86. The largest absolute Gasteiger partial charge is 0.326 e. The fraction of sp³-hybridized carbons (Fsp3) is 0.0714. The zero-order valence-corrected chi connectivity index (χ0v) is 12.7. The molecular weight excluding hydrogens is 358 g/mol. The number of anilines is 1. The first-order valence-electron chi connectivity index (χ1n) is 5.44. The van der Waals surface area contributed by atoms with Gasteiger partial charge in [0.25, 0.3) is 0 Å². The number of para-hydroxylation sites is 1. The van der Waals surface area contributed by atoms with Crippen molar-refractivity contribution in [2.45, 2.75) is 6.42 Å². The Labute approximate surface area is 123 Å². The molecule has 92 valence electrons. The summed E-state index contributed by atoms with van der Waals surface area (Å²) in [7, 11) is 0. The normalized spacial score (nSPS) is 10.1. The highest BCUT2D eigenvalue weighted by atomic mass is 79.9. The summed E-state index contributed by atoms with van der Waals surface area (Å²) < 4.78 is 1.86. The van der Waals surface area contributed by atoms with Gasteiger partial charge >= 0.3 is 0 Å². The van der Waals surface area contributed by atoms with Crippen LogP contribution in [0.4, 0.5) is 5.69 Å². The van der Waals surface area contributed by atoms with E-state index < -0.39 is 0 Å². The molecule has 0 bridgehead atoms. The molecule has 0 saturated heterocycles. The summed E-state index contributed by atoms with van der Waals surface area (Å²) >= 11 is 6.90. The third kappa shape index (κ3) is 3.43. The van der Waals surface area contributed by atoms with Gasteiger partial charge in [-0.2, -0.15) is 0 Å². The van der Waals surface area contributed by atoms with Crippen molar-refractivity contribution in [1.82, 2.24) is 0 Å². The Hall–Kier alpha value is -1.13. The molecule has 0 heterocycles. The number of carbonyl (C=O) groups excluding carboxylic acids is 1. The summed E-state index contributed by atoms with van der Waals surface area (Å²) in [6.07, 6.45) is 0.330. The second-order valence-electron chi connectivity index (χ2n) is 3.79. The number of hydrogen-bond donors (Lipinski definition) is 1. The molecule has 2 rings (SSSR count). The number of halogens is 2. The minimum absolute atomic E-state index is 0.0335. The van der Waals surface area contributed by atoms with Crippen LogP contribution in [0.5, 0.6) is 0 Å². The molecule has 0 unspecified atom stereocenters. The minimum Gasteiger partial charge on any atom is -0.326 e. The van der Waals surface area contributed by atoms with E-state index in [9.17, 15) is 4.79 Å². The predicted octanol–water partition coefficient (Wildman–Crippen LogP) is 4.39. The first-order chi connectivity index (χ1) is 8.66. The van der Waals surface area contributed by atoms with Gasteiger partial charge in [0.15, 0.2) is 0 Å². The van der Waals surface area contributed by atoms with Gasteiger partial charge in [-0.3, -0.25) is 4.79 Å². The van der Waals surface area contributed by atoms with Crippen LogP contribution in [0.3, 0.4) is 0 Å². The summed E-state index contributed by atoms with van der Waals surface area (Å²) in [4.78, 5) is 11.9. The molecule has 2 nitrogen and oxygen atoms in total. The topological polar surface area (TPSA) is 29.1 Å². The lowest BCUT2D eigenvalue weighted by Crippen LogP contribution is -2.14. The van der Waals surface area contributed by atoms with Crippen molar-refractivity contribution in [1.29, 1.82) is 0 Å². The fourth-order valence-corrected chi connectivity index (χ4v) is 2.87. The van der Waals surface area contributed by atoms with Crippen LogP contribution in [0.15, 0.2) is 57.5 Å². The molecule has 0 radical (unpaired) electrons. The Balaban J connectivity index is 2.08. The maximum Gasteiger partial charge on any atom is 0.228 e. The average molecular weight is 369 g/mol. The molecule has 0 fully saturated rings. The molecule has 0 aliphatic rings. The molecule has 2 aromatic rings. The van der Waals surface area contributed by atoms with E-state index in [0.717, 1.165) is 20.2 Å². The van der Waals surface area contributed by atoms with Gasteiger partial charge in [-0.05, 0) is 29.8 Å². The summed E-state index contributed by atoms with van der Waals surface area (Å²) in [5.74, 6) is -0.0335. The molecule has 0 aliphatic carbocycles. The van der Waals surface area contributed by atoms with Crippen LogP contribution in [-0.2, 0) is 11.2 Å². The van der Waals surface area contributed by atoms with Crippen molar-refractivity contribution in [2.24, 2.45) is 0 Å². The molecule has 2 aromatic carbocycles. The van der Waals surface area contributed by atoms with Gasteiger partial charge in [-0.1, -0.05) is 56.1 Å². The van der Waals surface area contributed by atoms with Gasteiger partial charge in [0, 0.05) is 14.6 Å². The Kier molecular flexibility index (Phi) is 4.55. The Bertz CT molecular complexity index is 535. The van der Waals surface area contributed by atoms with Gasteiger partial charge in [0.2, 0.25) is 5.91 Å². The smallest absolute Gasteiger partial charge is 0.228 e. The first kappa shape index (κ1) is 13.3. The molecular formula is C14H11Br2NO. The highest BCUT2D eigenvalue weighted by Gasteiger charge is 2.10. The van der Waals surface area contributed by atoms with Gasteiger partial charge in [-0.25, -0.2) is 0 Å². The Morgan fingerprint density at radius 2 is 1.56 bits per heavy atom. The van der Waals surface area contributed by atoms with E-state index in [1.165, 1.54) is 0 Å². The third-order valence-corrected chi connectivity index (χ3v) is 3.94. The number of rotatable bonds is 3. The SMILES string of the molecule is O=C(Cc1c(Br)cccc1Br)Nc1ccccc1. The summed E-state index contributed by atoms with van der Waals surface area (Å²) in [6, 6.07) is 15.2. The van der Waals surface area contributed by atoms with Crippen LogP contribution < -0.4 is 5.32 Å². The summed E-state index contributed by atoms with van der Waals surface area (Å²) in [6.45, 7) is 0. The van der Waals surface area contributed by atoms with Gasteiger partial charge in [0.1, 0.15) is 0 Å². The highest BCUT2D eigenvalue weighted by Crippen LogP contribution is 2.25. The average Bonchev–Trinajstić information content (AvgIpc) is 2.35. The molecule has 0 saturated carbocycles. The first-order valence-corrected chi connectivity index (χ1v) is 7.03. The van der Waals surface area contributed by atoms with Gasteiger partial charge in [-0.15, -0.1) is 0 Å². The van der Waals surface area contributed by atoms with Crippen LogP contribution in [0, 0.1) is 0 Å². The molecule has 0 aliphatic heterocycles. The zero-order valence-electron chi connectivity index (χ0n) is 9.49. The molecule has 1 N–H and O–H groups in total. The monoisotopic (exact) mass is 367 g/mol. The Morgan fingerprint density at radius 3 is 2.17 bits per heavy atom. The van der Waals surface area contributed by atoms with Crippen molar-refractivity contribution in [3.8, 4) is 0 Å². The second-order valence-corrected chi connectivity index (χ2v) is 5.50. The lowest BCUT2D eigenvalue weighted by molar-refractivity contribution is -0.115. The van der Waals surface area contributed by atoms with E-state index >= 15 is 0 Å². The number of carbonyl (C=O) groups is 1. The zero-order chi connectivity index (χ0) is 13.0. The third-order valence-electron chi connectivity index (χ3n) is 2.46. The maximum atomic E-state index is 11.9.